The Morgan fingerprint density at radius 2 is 2.17 bits per heavy atom. The molecule has 1 aromatic heterocycles. The van der Waals surface area contributed by atoms with Crippen LogP contribution in [0.25, 0.3) is 10.2 Å². The van der Waals surface area contributed by atoms with Gasteiger partial charge in [-0.25, -0.2) is 9.37 Å². The average molecular weight is 395 g/mol. The fraction of sp³-hybridized carbons (Fsp3) is 0.125. The molecule has 2 aromatic carbocycles. The number of hydrogen-bond donors (Lipinski definition) is 1. The third-order valence-electron chi connectivity index (χ3n) is 3.30. The van der Waals surface area contributed by atoms with Crippen molar-refractivity contribution >= 4 is 48.5 Å². The zero-order valence-corrected chi connectivity index (χ0v) is 14.7. The maximum Gasteiger partial charge on any atom is 0.260 e. The van der Waals surface area contributed by atoms with Crippen molar-refractivity contribution in [1.29, 1.82) is 0 Å². The topological polar surface area (TPSA) is 51.2 Å². The minimum absolute atomic E-state index is 0.0134. The van der Waals surface area contributed by atoms with E-state index in [1.807, 2.05) is 12.1 Å². The third kappa shape index (κ3) is 3.07. The number of nitrogens with zero attached hydrogens (tertiary/aromatic N) is 1. The molecule has 0 spiro atoms. The van der Waals surface area contributed by atoms with Gasteiger partial charge in [-0.3, -0.25) is 10.1 Å². The van der Waals surface area contributed by atoms with Crippen molar-refractivity contribution in [2.75, 3.05) is 12.4 Å². The molecule has 0 unspecified atom stereocenters. The second-order valence-corrected chi connectivity index (χ2v) is 6.81. The Morgan fingerprint density at radius 3 is 2.87 bits per heavy atom. The smallest absolute Gasteiger partial charge is 0.260 e. The molecule has 0 aliphatic heterocycles. The van der Waals surface area contributed by atoms with Crippen molar-refractivity contribution in [1.82, 2.24) is 4.98 Å². The quantitative estimate of drug-likeness (QED) is 0.695. The number of aryl methyl sites for hydroxylation is 1. The molecule has 0 radical (unpaired) electrons. The normalized spacial score (nSPS) is 10.8. The van der Waals surface area contributed by atoms with Gasteiger partial charge in [-0.1, -0.05) is 33.3 Å². The molecule has 3 aromatic rings. The van der Waals surface area contributed by atoms with Crippen LogP contribution in [0.1, 0.15) is 15.9 Å². The van der Waals surface area contributed by atoms with Crippen molar-refractivity contribution in [3.63, 3.8) is 0 Å². The lowest BCUT2D eigenvalue weighted by Gasteiger charge is -2.07. The van der Waals surface area contributed by atoms with Crippen LogP contribution in [0, 0.1) is 12.7 Å². The van der Waals surface area contributed by atoms with E-state index < -0.39 is 11.7 Å². The summed E-state index contributed by atoms with van der Waals surface area (Å²) < 4.78 is 20.8. The van der Waals surface area contributed by atoms with Gasteiger partial charge in [0.05, 0.1) is 17.4 Å². The summed E-state index contributed by atoms with van der Waals surface area (Å²) in [6, 6.07) is 8.50. The van der Waals surface area contributed by atoms with Crippen molar-refractivity contribution in [3.8, 4) is 5.75 Å². The number of thiazole rings is 1. The van der Waals surface area contributed by atoms with Crippen LogP contribution in [-0.2, 0) is 0 Å². The van der Waals surface area contributed by atoms with E-state index in [9.17, 15) is 9.18 Å². The van der Waals surface area contributed by atoms with Crippen molar-refractivity contribution < 1.29 is 13.9 Å². The van der Waals surface area contributed by atoms with Gasteiger partial charge in [0.15, 0.2) is 5.13 Å². The van der Waals surface area contributed by atoms with Gasteiger partial charge < -0.3 is 4.74 Å². The number of halogens is 2. The molecule has 1 heterocycles. The molecule has 0 atom stereocenters. The number of ether oxygens (including phenoxy) is 1. The number of rotatable bonds is 3. The number of amides is 1. The molecule has 0 aliphatic rings. The summed E-state index contributed by atoms with van der Waals surface area (Å²) >= 11 is 4.52. The minimum Gasteiger partial charge on any atom is -0.494 e. The van der Waals surface area contributed by atoms with E-state index in [1.165, 1.54) is 17.4 Å². The van der Waals surface area contributed by atoms with Crippen LogP contribution in [0.15, 0.2) is 34.8 Å². The van der Waals surface area contributed by atoms with Gasteiger partial charge in [0.2, 0.25) is 0 Å². The van der Waals surface area contributed by atoms with Crippen LogP contribution >= 0.6 is 27.3 Å². The van der Waals surface area contributed by atoms with E-state index in [0.717, 1.165) is 4.70 Å². The molecular weight excluding hydrogens is 383 g/mol. The first-order chi connectivity index (χ1) is 11.0. The van der Waals surface area contributed by atoms with Gasteiger partial charge >= 0.3 is 0 Å². The average Bonchev–Trinajstić information content (AvgIpc) is 2.88. The second kappa shape index (κ2) is 6.25. The predicted molar refractivity (Wildman–Crippen MR) is 93.0 cm³/mol. The lowest BCUT2D eigenvalue weighted by Crippen LogP contribution is -2.15. The maximum absolute atomic E-state index is 14.1. The van der Waals surface area contributed by atoms with Crippen LogP contribution < -0.4 is 10.1 Å². The van der Waals surface area contributed by atoms with Gasteiger partial charge in [-0.05, 0) is 36.8 Å². The number of benzene rings is 2. The molecule has 118 valence electrons. The minimum atomic E-state index is -0.576. The zero-order valence-electron chi connectivity index (χ0n) is 12.3. The molecule has 4 nitrogen and oxygen atoms in total. The molecular formula is C16H12BrFN2O2S. The van der Waals surface area contributed by atoms with E-state index >= 15 is 0 Å². The molecule has 0 fully saturated rings. The standard InChI is InChI=1S/C16H12BrFN2O2S/c1-8-6-9(17)7-10(18)13(8)15(21)20-16-19-14-11(22-2)4-3-5-12(14)23-16/h3-7H,1-2H3,(H,19,20,21). The summed E-state index contributed by atoms with van der Waals surface area (Å²) in [4.78, 5) is 16.7. The highest BCUT2D eigenvalue weighted by Gasteiger charge is 2.18. The first kappa shape index (κ1) is 15.9. The highest BCUT2D eigenvalue weighted by molar-refractivity contribution is 9.10. The molecule has 1 N–H and O–H groups in total. The van der Waals surface area contributed by atoms with Crippen LogP contribution in [0.3, 0.4) is 0 Å². The van der Waals surface area contributed by atoms with E-state index in [0.29, 0.717) is 26.4 Å². The van der Waals surface area contributed by atoms with Crippen molar-refractivity contribution in [2.45, 2.75) is 6.92 Å². The molecule has 0 saturated heterocycles. The second-order valence-electron chi connectivity index (χ2n) is 4.86. The number of carbonyl (C=O) groups is 1. The first-order valence-electron chi connectivity index (χ1n) is 6.70. The summed E-state index contributed by atoms with van der Waals surface area (Å²) in [5.41, 5.74) is 1.23. The third-order valence-corrected chi connectivity index (χ3v) is 4.70. The highest BCUT2D eigenvalue weighted by Crippen LogP contribution is 2.32. The Hall–Kier alpha value is -1.99. The summed E-state index contributed by atoms with van der Waals surface area (Å²) in [5.74, 6) is -0.469. The van der Waals surface area contributed by atoms with E-state index in [-0.39, 0.29) is 5.56 Å². The maximum atomic E-state index is 14.1. The van der Waals surface area contributed by atoms with E-state index in [4.69, 9.17) is 4.74 Å². The fourth-order valence-electron chi connectivity index (χ4n) is 2.29. The molecule has 0 aliphatic carbocycles. The number of nitrogens with one attached hydrogen (secondary N) is 1. The molecule has 0 saturated carbocycles. The van der Waals surface area contributed by atoms with Crippen LogP contribution in [0.5, 0.6) is 5.75 Å². The Morgan fingerprint density at radius 1 is 1.39 bits per heavy atom. The van der Waals surface area contributed by atoms with Gasteiger partial charge in [-0.15, -0.1) is 0 Å². The van der Waals surface area contributed by atoms with Crippen LogP contribution in [-0.4, -0.2) is 18.0 Å². The highest BCUT2D eigenvalue weighted by atomic mass is 79.9. The molecule has 23 heavy (non-hydrogen) atoms. The SMILES string of the molecule is COc1cccc2sc(NC(=O)c3c(C)cc(Br)cc3F)nc12. The summed E-state index contributed by atoms with van der Waals surface area (Å²) in [6.45, 7) is 1.68. The summed E-state index contributed by atoms with van der Waals surface area (Å²) in [6.07, 6.45) is 0. The van der Waals surface area contributed by atoms with Gasteiger partial charge in [0, 0.05) is 4.47 Å². The number of fused-ring (bicyclic) bond motifs is 1. The van der Waals surface area contributed by atoms with E-state index in [1.54, 1.807) is 26.2 Å². The van der Waals surface area contributed by atoms with Crippen molar-refractivity contribution in [3.05, 3.63) is 51.7 Å². The lowest BCUT2D eigenvalue weighted by atomic mass is 10.1. The number of anilines is 1. The Bertz CT molecular complexity index is 887. The number of methoxy groups -OCH3 is 1. The number of para-hydroxylation sites is 1. The first-order valence-corrected chi connectivity index (χ1v) is 8.31. The van der Waals surface area contributed by atoms with Crippen LogP contribution in [0.2, 0.25) is 0 Å². The van der Waals surface area contributed by atoms with Gasteiger partial charge in [0.1, 0.15) is 17.1 Å². The zero-order chi connectivity index (χ0) is 16.6. The predicted octanol–water partition coefficient (Wildman–Crippen LogP) is 4.77. The van der Waals surface area contributed by atoms with Gasteiger partial charge in [-0.2, -0.15) is 0 Å². The summed E-state index contributed by atoms with van der Waals surface area (Å²) in [7, 11) is 1.56. The fourth-order valence-corrected chi connectivity index (χ4v) is 3.71. The van der Waals surface area contributed by atoms with Gasteiger partial charge in [0.25, 0.3) is 5.91 Å². The monoisotopic (exact) mass is 394 g/mol. The van der Waals surface area contributed by atoms with E-state index in [2.05, 4.69) is 26.2 Å². The molecule has 7 heteroatoms. The molecule has 3 rings (SSSR count). The Balaban J connectivity index is 1.95. The number of carbonyl (C=O) groups excluding carboxylic acids is 1. The van der Waals surface area contributed by atoms with Crippen LogP contribution in [0.4, 0.5) is 9.52 Å². The molecule has 0 bridgehead atoms. The number of hydrogen-bond acceptors (Lipinski definition) is 4. The molecule has 1 amide bonds. The largest absolute Gasteiger partial charge is 0.494 e. The Labute approximate surface area is 144 Å². The van der Waals surface area contributed by atoms with Crippen molar-refractivity contribution in [2.24, 2.45) is 0 Å². The lowest BCUT2D eigenvalue weighted by molar-refractivity contribution is 0.102. The summed E-state index contributed by atoms with van der Waals surface area (Å²) in [5, 5.41) is 3.06. The number of aromatic nitrogens is 1. The Kier molecular flexibility index (Phi) is 4.32.